The Morgan fingerprint density at radius 3 is 3.00 bits per heavy atom. The van der Waals surface area contributed by atoms with Crippen LogP contribution in [0.3, 0.4) is 0 Å². The van der Waals surface area contributed by atoms with Crippen molar-refractivity contribution in [3.8, 4) is 5.75 Å². The van der Waals surface area contributed by atoms with Crippen LogP contribution >= 0.6 is 0 Å². The van der Waals surface area contributed by atoms with Gasteiger partial charge in [-0.1, -0.05) is 31.1 Å². The molecule has 1 aliphatic heterocycles. The fourth-order valence-corrected chi connectivity index (χ4v) is 3.10. The molecule has 1 fully saturated rings. The Morgan fingerprint density at radius 1 is 1.44 bits per heavy atom. The minimum absolute atomic E-state index is 0.0368. The molecule has 6 nitrogen and oxygen atoms in total. The quantitative estimate of drug-likeness (QED) is 0.895. The van der Waals surface area contributed by atoms with Crippen LogP contribution in [-0.4, -0.2) is 29.7 Å². The van der Waals surface area contributed by atoms with Crippen LogP contribution in [-0.2, 0) is 6.54 Å². The number of urea groups is 1. The lowest BCUT2D eigenvalue weighted by Crippen LogP contribution is -2.39. The van der Waals surface area contributed by atoms with Crippen molar-refractivity contribution in [2.45, 2.75) is 45.2 Å². The molecule has 1 aromatic carbocycles. The van der Waals surface area contributed by atoms with Gasteiger partial charge in [0.25, 0.3) is 0 Å². The molecule has 0 radical (unpaired) electrons. The second-order valence-corrected chi connectivity index (χ2v) is 6.67. The van der Waals surface area contributed by atoms with E-state index in [1.165, 1.54) is 0 Å². The number of aromatic nitrogens is 1. The second-order valence-electron chi connectivity index (χ2n) is 6.67. The molecular weight excluding hydrogens is 318 g/mol. The molecule has 0 saturated carbocycles. The van der Waals surface area contributed by atoms with Gasteiger partial charge < -0.3 is 19.5 Å². The van der Waals surface area contributed by atoms with Gasteiger partial charge in [-0.05, 0) is 36.5 Å². The molecule has 1 N–H and O–H groups in total. The summed E-state index contributed by atoms with van der Waals surface area (Å²) >= 11 is 0. The maximum absolute atomic E-state index is 12.6. The van der Waals surface area contributed by atoms with Crippen LogP contribution in [0.4, 0.5) is 4.79 Å². The summed E-state index contributed by atoms with van der Waals surface area (Å²) in [5.74, 6) is 1.88. The van der Waals surface area contributed by atoms with Crippen molar-refractivity contribution in [1.82, 2.24) is 15.4 Å². The lowest BCUT2D eigenvalue weighted by Gasteiger charge is -2.23. The van der Waals surface area contributed by atoms with E-state index in [9.17, 15) is 4.79 Å². The standard InChI is InChI=1S/C19H25N3O3/c1-13(2)16-11-18(25-21-16)17-8-5-9-22(17)19(23)20-12-14-6-4-7-15(10-14)24-3/h4,6-7,10-11,13,17H,5,8-9,12H2,1-3H3,(H,20,23)/t17-/m1/s1. The third-order valence-corrected chi connectivity index (χ3v) is 4.56. The van der Waals surface area contributed by atoms with Crippen LogP contribution in [0.15, 0.2) is 34.9 Å². The summed E-state index contributed by atoms with van der Waals surface area (Å²) in [5, 5.41) is 7.11. The highest BCUT2D eigenvalue weighted by molar-refractivity contribution is 5.75. The van der Waals surface area contributed by atoms with E-state index in [-0.39, 0.29) is 12.1 Å². The molecule has 1 saturated heterocycles. The van der Waals surface area contributed by atoms with Gasteiger partial charge in [-0.25, -0.2) is 4.79 Å². The number of nitrogens with zero attached hydrogens (tertiary/aromatic N) is 2. The molecule has 6 heteroatoms. The Morgan fingerprint density at radius 2 is 2.28 bits per heavy atom. The molecule has 1 atom stereocenters. The number of rotatable bonds is 5. The predicted octanol–water partition coefficient (Wildman–Crippen LogP) is 3.85. The number of hydrogen-bond acceptors (Lipinski definition) is 4. The summed E-state index contributed by atoms with van der Waals surface area (Å²) < 4.78 is 10.7. The largest absolute Gasteiger partial charge is 0.497 e. The van der Waals surface area contributed by atoms with Crippen LogP contribution < -0.4 is 10.1 Å². The number of nitrogens with one attached hydrogen (secondary N) is 1. The van der Waals surface area contributed by atoms with Crippen molar-refractivity contribution in [2.75, 3.05) is 13.7 Å². The van der Waals surface area contributed by atoms with E-state index in [1.54, 1.807) is 7.11 Å². The van der Waals surface area contributed by atoms with Crippen LogP contribution in [0.25, 0.3) is 0 Å². The van der Waals surface area contributed by atoms with Crippen molar-refractivity contribution in [1.29, 1.82) is 0 Å². The molecule has 25 heavy (non-hydrogen) atoms. The summed E-state index contributed by atoms with van der Waals surface area (Å²) in [6.07, 6.45) is 1.87. The lowest BCUT2D eigenvalue weighted by molar-refractivity contribution is 0.182. The maximum atomic E-state index is 12.6. The SMILES string of the molecule is COc1cccc(CNC(=O)N2CCC[C@@H]2c2cc(C(C)C)no2)c1. The zero-order valence-corrected chi connectivity index (χ0v) is 15.0. The van der Waals surface area contributed by atoms with Gasteiger partial charge in [-0.2, -0.15) is 0 Å². The number of hydrogen-bond donors (Lipinski definition) is 1. The number of carbonyl (C=O) groups is 1. The van der Waals surface area contributed by atoms with Crippen LogP contribution in [0.1, 0.15) is 55.7 Å². The van der Waals surface area contributed by atoms with Crippen LogP contribution in [0, 0.1) is 0 Å². The van der Waals surface area contributed by atoms with Crippen LogP contribution in [0.5, 0.6) is 5.75 Å². The third kappa shape index (κ3) is 3.95. The van der Waals surface area contributed by atoms with Gasteiger partial charge in [0.15, 0.2) is 5.76 Å². The number of methoxy groups -OCH3 is 1. The van der Waals surface area contributed by atoms with Crippen molar-refractivity contribution < 1.29 is 14.1 Å². The second kappa shape index (κ2) is 7.59. The molecule has 2 aromatic rings. The molecule has 3 rings (SSSR count). The highest BCUT2D eigenvalue weighted by Crippen LogP contribution is 2.33. The number of carbonyl (C=O) groups excluding carboxylic acids is 1. The molecule has 134 valence electrons. The molecule has 0 unspecified atom stereocenters. The summed E-state index contributed by atoms with van der Waals surface area (Å²) in [5.41, 5.74) is 1.93. The Kier molecular flexibility index (Phi) is 5.26. The molecule has 0 spiro atoms. The van der Waals surface area contributed by atoms with E-state index in [4.69, 9.17) is 9.26 Å². The fraction of sp³-hybridized carbons (Fsp3) is 0.474. The van der Waals surface area contributed by atoms with Gasteiger partial charge in [-0.15, -0.1) is 0 Å². The minimum Gasteiger partial charge on any atom is -0.497 e. The van der Waals surface area contributed by atoms with E-state index in [1.807, 2.05) is 35.2 Å². The smallest absolute Gasteiger partial charge is 0.318 e. The average molecular weight is 343 g/mol. The number of likely N-dealkylation sites (tertiary alicyclic amines) is 1. The van der Waals surface area contributed by atoms with Crippen molar-refractivity contribution in [3.05, 3.63) is 47.3 Å². The normalized spacial score (nSPS) is 17.1. The Balaban J connectivity index is 1.63. The van der Waals surface area contributed by atoms with Gasteiger partial charge in [0, 0.05) is 19.2 Å². The first-order chi connectivity index (χ1) is 12.1. The molecule has 2 heterocycles. The lowest BCUT2D eigenvalue weighted by atomic mass is 10.1. The third-order valence-electron chi connectivity index (χ3n) is 4.56. The maximum Gasteiger partial charge on any atom is 0.318 e. The molecule has 1 aromatic heterocycles. The Labute approximate surface area is 148 Å². The summed E-state index contributed by atoms with van der Waals surface area (Å²) in [6, 6.07) is 9.56. The zero-order chi connectivity index (χ0) is 17.8. The van der Waals surface area contributed by atoms with Gasteiger partial charge in [0.05, 0.1) is 18.8 Å². The molecule has 2 amide bonds. The zero-order valence-electron chi connectivity index (χ0n) is 15.0. The average Bonchev–Trinajstić information content (AvgIpc) is 3.28. The van der Waals surface area contributed by atoms with E-state index < -0.39 is 0 Å². The number of amides is 2. The van der Waals surface area contributed by atoms with E-state index in [0.29, 0.717) is 12.5 Å². The highest BCUT2D eigenvalue weighted by Gasteiger charge is 2.32. The van der Waals surface area contributed by atoms with Crippen molar-refractivity contribution in [2.24, 2.45) is 0 Å². The molecule has 0 bridgehead atoms. The predicted molar refractivity (Wildman–Crippen MR) is 94.5 cm³/mol. The summed E-state index contributed by atoms with van der Waals surface area (Å²) in [4.78, 5) is 14.5. The Bertz CT molecular complexity index is 726. The van der Waals surface area contributed by atoms with E-state index >= 15 is 0 Å². The van der Waals surface area contributed by atoms with Gasteiger partial charge in [0.1, 0.15) is 5.75 Å². The first-order valence-electron chi connectivity index (χ1n) is 8.72. The molecule has 1 aliphatic rings. The minimum atomic E-state index is -0.0761. The van der Waals surface area contributed by atoms with Crippen molar-refractivity contribution in [3.63, 3.8) is 0 Å². The first-order valence-corrected chi connectivity index (χ1v) is 8.72. The molecule has 0 aliphatic carbocycles. The van der Waals surface area contributed by atoms with E-state index in [0.717, 1.165) is 42.2 Å². The Hall–Kier alpha value is -2.50. The summed E-state index contributed by atoms with van der Waals surface area (Å²) in [7, 11) is 1.63. The molecular formula is C19H25N3O3. The summed E-state index contributed by atoms with van der Waals surface area (Å²) in [6.45, 7) is 5.35. The number of benzene rings is 1. The van der Waals surface area contributed by atoms with Gasteiger partial charge in [-0.3, -0.25) is 0 Å². The van der Waals surface area contributed by atoms with Gasteiger partial charge >= 0.3 is 6.03 Å². The first kappa shape index (κ1) is 17.3. The van der Waals surface area contributed by atoms with Crippen molar-refractivity contribution >= 4 is 6.03 Å². The monoisotopic (exact) mass is 343 g/mol. The van der Waals surface area contributed by atoms with Crippen LogP contribution in [0.2, 0.25) is 0 Å². The fourth-order valence-electron chi connectivity index (χ4n) is 3.10. The van der Waals surface area contributed by atoms with E-state index in [2.05, 4.69) is 24.3 Å². The van der Waals surface area contributed by atoms with Gasteiger partial charge in [0.2, 0.25) is 0 Å². The topological polar surface area (TPSA) is 67.6 Å². The number of ether oxygens (including phenoxy) is 1. The highest BCUT2D eigenvalue weighted by atomic mass is 16.5.